The number of phenols is 1. The van der Waals surface area contributed by atoms with E-state index in [-0.39, 0.29) is 5.75 Å². The van der Waals surface area contributed by atoms with E-state index in [1.54, 1.807) is 24.4 Å². The second-order valence-corrected chi connectivity index (χ2v) is 7.64. The Bertz CT molecular complexity index is 1470. The van der Waals surface area contributed by atoms with E-state index in [1.165, 1.54) is 17.6 Å². The number of aromatic nitrogens is 1. The Labute approximate surface area is 174 Å². The van der Waals surface area contributed by atoms with Crippen molar-refractivity contribution >= 4 is 44.4 Å². The van der Waals surface area contributed by atoms with Crippen LogP contribution < -0.4 is 11.1 Å². The summed E-state index contributed by atoms with van der Waals surface area (Å²) in [5.41, 5.74) is 4.01. The molecule has 0 spiro atoms. The first-order valence-corrected chi connectivity index (χ1v) is 9.99. The number of anilines is 1. The van der Waals surface area contributed by atoms with E-state index in [2.05, 4.69) is 15.5 Å². The maximum atomic E-state index is 12.5. The molecule has 30 heavy (non-hydrogen) atoms. The number of benzene rings is 3. The van der Waals surface area contributed by atoms with Gasteiger partial charge in [0, 0.05) is 17.1 Å². The Morgan fingerprint density at radius 2 is 1.87 bits per heavy atom. The van der Waals surface area contributed by atoms with Crippen molar-refractivity contribution in [3.05, 3.63) is 88.9 Å². The van der Waals surface area contributed by atoms with Gasteiger partial charge in [0.25, 0.3) is 0 Å². The third-order valence-corrected chi connectivity index (χ3v) is 5.65. The first-order chi connectivity index (χ1) is 14.7. The van der Waals surface area contributed by atoms with E-state index in [9.17, 15) is 9.90 Å². The van der Waals surface area contributed by atoms with Crippen LogP contribution in [-0.4, -0.2) is 16.3 Å². The molecular formula is C23H15N3O3S. The topological polar surface area (TPSA) is 87.7 Å². The summed E-state index contributed by atoms with van der Waals surface area (Å²) in [6.07, 6.45) is 3.12. The minimum absolute atomic E-state index is 0.142. The zero-order valence-electron chi connectivity index (χ0n) is 15.6. The summed E-state index contributed by atoms with van der Waals surface area (Å²) in [5, 5.41) is 17.4. The van der Waals surface area contributed by atoms with E-state index in [4.69, 9.17) is 4.42 Å². The van der Waals surface area contributed by atoms with Gasteiger partial charge in [0.1, 0.15) is 11.3 Å². The Morgan fingerprint density at radius 3 is 2.77 bits per heavy atom. The summed E-state index contributed by atoms with van der Waals surface area (Å²) in [4.78, 5) is 17.5. The average Bonchev–Trinajstić information content (AvgIpc) is 3.23. The molecule has 0 saturated carbocycles. The van der Waals surface area contributed by atoms with Gasteiger partial charge in [-0.1, -0.05) is 53.8 Å². The molecule has 5 rings (SSSR count). The highest BCUT2D eigenvalue weighted by atomic mass is 32.1. The van der Waals surface area contributed by atoms with Crippen molar-refractivity contribution in [1.29, 1.82) is 0 Å². The number of thiazole rings is 1. The van der Waals surface area contributed by atoms with Crippen molar-refractivity contribution < 1.29 is 9.52 Å². The number of nitrogens with one attached hydrogen (secondary N) is 1. The van der Waals surface area contributed by atoms with Crippen LogP contribution in [0.5, 0.6) is 5.75 Å². The van der Waals surface area contributed by atoms with Gasteiger partial charge in [0.05, 0.1) is 16.7 Å². The van der Waals surface area contributed by atoms with Crippen LogP contribution in [0.25, 0.3) is 32.2 Å². The summed E-state index contributed by atoms with van der Waals surface area (Å²) >= 11 is 1.29. The van der Waals surface area contributed by atoms with Crippen molar-refractivity contribution in [3.8, 4) is 16.2 Å². The summed E-state index contributed by atoms with van der Waals surface area (Å²) in [5.74, 6) is 0.142. The Hall–Kier alpha value is -3.97. The Balaban J connectivity index is 1.48. The molecule has 0 saturated heterocycles. The fourth-order valence-electron chi connectivity index (χ4n) is 3.25. The van der Waals surface area contributed by atoms with E-state index in [1.807, 2.05) is 48.5 Å². The highest BCUT2D eigenvalue weighted by Gasteiger charge is 2.13. The molecule has 0 aliphatic heterocycles. The summed E-state index contributed by atoms with van der Waals surface area (Å²) < 4.78 is 5.56. The smallest absolute Gasteiger partial charge is 0.345 e. The van der Waals surface area contributed by atoms with Gasteiger partial charge in [-0.05, 0) is 35.0 Å². The second kappa shape index (κ2) is 7.46. The number of fused-ring (bicyclic) bond motifs is 3. The largest absolute Gasteiger partial charge is 0.507 e. The number of hydrazone groups is 1. The first kappa shape index (κ1) is 18.1. The van der Waals surface area contributed by atoms with E-state index < -0.39 is 5.63 Å². The van der Waals surface area contributed by atoms with E-state index in [0.717, 1.165) is 16.2 Å². The zero-order valence-corrected chi connectivity index (χ0v) is 16.4. The molecule has 2 N–H and O–H groups in total. The van der Waals surface area contributed by atoms with E-state index in [0.29, 0.717) is 26.7 Å². The highest BCUT2D eigenvalue weighted by Crippen LogP contribution is 2.31. The highest BCUT2D eigenvalue weighted by molar-refractivity contribution is 7.18. The van der Waals surface area contributed by atoms with Gasteiger partial charge in [0.15, 0.2) is 0 Å². The second-order valence-electron chi connectivity index (χ2n) is 6.60. The first-order valence-electron chi connectivity index (χ1n) is 9.18. The van der Waals surface area contributed by atoms with Crippen LogP contribution in [0.4, 0.5) is 5.13 Å². The summed E-state index contributed by atoms with van der Waals surface area (Å²) in [7, 11) is 0. The number of hydrogen-bond donors (Lipinski definition) is 2. The van der Waals surface area contributed by atoms with Crippen LogP contribution in [-0.2, 0) is 0 Å². The molecule has 0 atom stereocenters. The molecule has 0 radical (unpaired) electrons. The van der Waals surface area contributed by atoms with Gasteiger partial charge in [-0.25, -0.2) is 9.78 Å². The van der Waals surface area contributed by atoms with Crippen LogP contribution >= 0.6 is 11.3 Å². The molecule has 6 nitrogen and oxygen atoms in total. The average molecular weight is 413 g/mol. The number of hydrogen-bond acceptors (Lipinski definition) is 7. The van der Waals surface area contributed by atoms with Gasteiger partial charge >= 0.3 is 5.63 Å². The third-order valence-electron chi connectivity index (χ3n) is 4.71. The van der Waals surface area contributed by atoms with Gasteiger partial charge in [-0.2, -0.15) is 5.10 Å². The van der Waals surface area contributed by atoms with Crippen LogP contribution in [0.2, 0.25) is 0 Å². The molecule has 146 valence electrons. The van der Waals surface area contributed by atoms with Gasteiger partial charge in [-0.15, -0.1) is 0 Å². The lowest BCUT2D eigenvalue weighted by atomic mass is 10.0. The van der Waals surface area contributed by atoms with Gasteiger partial charge in [-0.3, -0.25) is 5.43 Å². The van der Waals surface area contributed by atoms with Gasteiger partial charge < -0.3 is 9.52 Å². The number of para-hydroxylation sites is 1. The number of nitrogens with zero attached hydrogens (tertiary/aromatic N) is 2. The van der Waals surface area contributed by atoms with Gasteiger partial charge in [0.2, 0.25) is 5.13 Å². The van der Waals surface area contributed by atoms with Crippen LogP contribution in [0.15, 0.2) is 87.2 Å². The van der Waals surface area contributed by atoms with Crippen molar-refractivity contribution in [2.75, 3.05) is 5.43 Å². The lowest BCUT2D eigenvalue weighted by Gasteiger charge is -2.04. The van der Waals surface area contributed by atoms with Crippen LogP contribution in [0, 0.1) is 0 Å². The fourth-order valence-corrected chi connectivity index (χ4v) is 4.02. The van der Waals surface area contributed by atoms with Crippen molar-refractivity contribution in [2.45, 2.75) is 0 Å². The lowest BCUT2D eigenvalue weighted by molar-refractivity contribution is 0.474. The SMILES string of the molecule is O=c1oc2ccc3ccccc3c2cc1-c1cnc(N/N=C\c2ccccc2O)s1. The van der Waals surface area contributed by atoms with Crippen LogP contribution in [0.3, 0.4) is 0 Å². The Morgan fingerprint density at radius 1 is 1.03 bits per heavy atom. The molecule has 0 aliphatic rings. The molecule has 0 amide bonds. The molecule has 2 heterocycles. The fraction of sp³-hybridized carbons (Fsp3) is 0. The maximum absolute atomic E-state index is 12.5. The molecular weight excluding hydrogens is 398 g/mol. The number of rotatable bonds is 4. The molecule has 0 bridgehead atoms. The summed E-state index contributed by atoms with van der Waals surface area (Å²) in [6, 6.07) is 20.5. The molecule has 5 aromatic rings. The molecule has 0 unspecified atom stereocenters. The zero-order chi connectivity index (χ0) is 20.5. The van der Waals surface area contributed by atoms with Crippen LogP contribution in [0.1, 0.15) is 5.56 Å². The maximum Gasteiger partial charge on any atom is 0.345 e. The van der Waals surface area contributed by atoms with Crippen molar-refractivity contribution in [1.82, 2.24) is 4.98 Å². The van der Waals surface area contributed by atoms with E-state index >= 15 is 0 Å². The standard InChI is InChI=1S/C23H15N3O3S/c27-19-8-4-2-6-15(19)12-25-26-23-24-13-21(30-23)18-11-17-16-7-3-1-5-14(16)9-10-20(17)29-22(18)28/h1-13,27H,(H,24,26)/b25-12-. The number of phenolic OH excluding ortho intramolecular Hbond substituents is 1. The quantitative estimate of drug-likeness (QED) is 0.182. The minimum atomic E-state index is -0.411. The molecule has 2 aromatic heterocycles. The monoisotopic (exact) mass is 413 g/mol. The van der Waals surface area contributed by atoms with Crippen molar-refractivity contribution in [2.24, 2.45) is 5.10 Å². The third kappa shape index (κ3) is 3.31. The van der Waals surface area contributed by atoms with Crippen molar-refractivity contribution in [3.63, 3.8) is 0 Å². The molecule has 0 aliphatic carbocycles. The minimum Gasteiger partial charge on any atom is -0.507 e. The predicted molar refractivity (Wildman–Crippen MR) is 120 cm³/mol. The lowest BCUT2D eigenvalue weighted by Crippen LogP contribution is -2.01. The predicted octanol–water partition coefficient (Wildman–Crippen LogP) is 5.22. The number of aromatic hydroxyl groups is 1. The summed E-state index contributed by atoms with van der Waals surface area (Å²) in [6.45, 7) is 0. The normalized spacial score (nSPS) is 11.5. The Kier molecular flexibility index (Phi) is 4.49. The molecule has 3 aromatic carbocycles. The molecule has 0 fully saturated rings. The molecule has 7 heteroatoms.